The second-order valence-corrected chi connectivity index (χ2v) is 7.39. The van der Waals surface area contributed by atoms with E-state index < -0.39 is 0 Å². The first-order valence-electron chi connectivity index (χ1n) is 9.91. The van der Waals surface area contributed by atoms with Crippen LogP contribution in [0.2, 0.25) is 0 Å². The fourth-order valence-electron chi connectivity index (χ4n) is 3.73. The van der Waals surface area contributed by atoms with Crippen LogP contribution in [0.3, 0.4) is 0 Å². The van der Waals surface area contributed by atoms with Gasteiger partial charge in [0.25, 0.3) is 0 Å². The number of amides is 1. The number of nitrogens with zero attached hydrogens (tertiary/aromatic N) is 1. The van der Waals surface area contributed by atoms with Gasteiger partial charge in [-0.25, -0.2) is 0 Å². The second kappa shape index (κ2) is 12.1. The van der Waals surface area contributed by atoms with Gasteiger partial charge < -0.3 is 20.1 Å². The average molecular weight is 414 g/mol. The highest BCUT2D eigenvalue weighted by Gasteiger charge is 2.27. The molecule has 0 aromatic heterocycles. The van der Waals surface area contributed by atoms with Gasteiger partial charge in [0.1, 0.15) is 11.5 Å². The molecule has 6 nitrogen and oxygen atoms in total. The molecule has 1 fully saturated rings. The standard InChI is InChI=1S/C21H35N3O3.ClH/c1-15(19-14-18(26-4)6-7-20(19)27-5)23-21(25)16(2)24-12-9-17(10-13-24)8-11-22-3;/h6-7,14-17,22H,8-13H2,1-5H3,(H,23,25);1H. The Morgan fingerprint density at radius 2 is 1.89 bits per heavy atom. The van der Waals surface area contributed by atoms with Gasteiger partial charge in [-0.15, -0.1) is 12.4 Å². The van der Waals surface area contributed by atoms with Crippen LogP contribution in [0.1, 0.15) is 44.7 Å². The lowest BCUT2D eigenvalue weighted by Crippen LogP contribution is -2.48. The van der Waals surface area contributed by atoms with Crippen molar-refractivity contribution in [3.05, 3.63) is 23.8 Å². The lowest BCUT2D eigenvalue weighted by atomic mass is 9.92. The molecule has 2 atom stereocenters. The summed E-state index contributed by atoms with van der Waals surface area (Å²) in [5.74, 6) is 2.33. The third-order valence-corrected chi connectivity index (χ3v) is 5.64. The Hall–Kier alpha value is -1.50. The predicted molar refractivity (Wildman–Crippen MR) is 116 cm³/mol. The molecule has 0 spiro atoms. The van der Waals surface area contributed by atoms with E-state index >= 15 is 0 Å². The maximum absolute atomic E-state index is 12.8. The average Bonchev–Trinajstić information content (AvgIpc) is 2.71. The number of benzene rings is 1. The van der Waals surface area contributed by atoms with E-state index in [9.17, 15) is 4.79 Å². The number of carbonyl (C=O) groups is 1. The molecule has 160 valence electrons. The smallest absolute Gasteiger partial charge is 0.237 e. The van der Waals surface area contributed by atoms with E-state index in [-0.39, 0.29) is 30.4 Å². The van der Waals surface area contributed by atoms with Crippen LogP contribution < -0.4 is 20.1 Å². The van der Waals surface area contributed by atoms with Crippen LogP contribution in [0, 0.1) is 5.92 Å². The number of hydrogen-bond acceptors (Lipinski definition) is 5. The van der Waals surface area contributed by atoms with Gasteiger partial charge in [0.05, 0.1) is 26.3 Å². The Morgan fingerprint density at radius 3 is 2.46 bits per heavy atom. The first-order chi connectivity index (χ1) is 13.0. The van der Waals surface area contributed by atoms with Crippen LogP contribution in [-0.4, -0.2) is 57.8 Å². The summed E-state index contributed by atoms with van der Waals surface area (Å²) < 4.78 is 10.8. The summed E-state index contributed by atoms with van der Waals surface area (Å²) in [7, 11) is 5.28. The molecule has 1 aromatic rings. The molecule has 7 heteroatoms. The molecule has 2 unspecified atom stereocenters. The molecular weight excluding hydrogens is 378 g/mol. The van der Waals surface area contributed by atoms with Gasteiger partial charge in [0.15, 0.2) is 0 Å². The largest absolute Gasteiger partial charge is 0.497 e. The van der Waals surface area contributed by atoms with Crippen LogP contribution >= 0.6 is 12.4 Å². The SMILES string of the molecule is CNCCC1CCN(C(C)C(=O)NC(C)c2cc(OC)ccc2OC)CC1.Cl. The fourth-order valence-corrected chi connectivity index (χ4v) is 3.73. The molecule has 0 radical (unpaired) electrons. The quantitative estimate of drug-likeness (QED) is 0.651. The highest BCUT2D eigenvalue weighted by Crippen LogP contribution is 2.29. The van der Waals surface area contributed by atoms with Crippen molar-refractivity contribution in [2.75, 3.05) is 40.9 Å². The van der Waals surface area contributed by atoms with E-state index in [1.54, 1.807) is 14.2 Å². The van der Waals surface area contributed by atoms with Crippen LogP contribution in [0.25, 0.3) is 0 Å². The monoisotopic (exact) mass is 413 g/mol. The van der Waals surface area contributed by atoms with Crippen molar-refractivity contribution in [2.45, 2.75) is 45.2 Å². The summed E-state index contributed by atoms with van der Waals surface area (Å²) >= 11 is 0. The number of ether oxygens (including phenoxy) is 2. The van der Waals surface area contributed by atoms with Crippen LogP contribution in [-0.2, 0) is 4.79 Å². The number of piperidine rings is 1. The van der Waals surface area contributed by atoms with E-state index in [0.717, 1.165) is 42.6 Å². The first-order valence-corrected chi connectivity index (χ1v) is 9.91. The summed E-state index contributed by atoms with van der Waals surface area (Å²) in [6.45, 7) is 7.02. The molecule has 2 N–H and O–H groups in total. The van der Waals surface area contributed by atoms with Crippen LogP contribution in [0.5, 0.6) is 11.5 Å². The fraction of sp³-hybridized carbons (Fsp3) is 0.667. The second-order valence-electron chi connectivity index (χ2n) is 7.39. The van der Waals surface area contributed by atoms with Crippen molar-refractivity contribution in [3.63, 3.8) is 0 Å². The van der Waals surface area contributed by atoms with E-state index in [2.05, 4.69) is 15.5 Å². The molecule has 0 aliphatic carbocycles. The summed E-state index contributed by atoms with van der Waals surface area (Å²) in [4.78, 5) is 15.1. The number of rotatable bonds is 9. The van der Waals surface area contributed by atoms with Crippen molar-refractivity contribution in [3.8, 4) is 11.5 Å². The zero-order chi connectivity index (χ0) is 19.8. The topological polar surface area (TPSA) is 62.8 Å². The number of nitrogens with one attached hydrogen (secondary N) is 2. The van der Waals surface area contributed by atoms with Gasteiger partial charge in [-0.05, 0) is 83.9 Å². The number of carbonyl (C=O) groups excluding carboxylic acids is 1. The Balaban J connectivity index is 0.00000392. The zero-order valence-corrected chi connectivity index (χ0v) is 18.6. The van der Waals surface area contributed by atoms with Gasteiger partial charge in [-0.3, -0.25) is 9.69 Å². The highest BCUT2D eigenvalue weighted by molar-refractivity contribution is 5.85. The van der Waals surface area contributed by atoms with Gasteiger partial charge in [0.2, 0.25) is 5.91 Å². The van der Waals surface area contributed by atoms with E-state index in [1.165, 1.54) is 19.3 Å². The Kier molecular flexibility index (Phi) is 10.6. The minimum absolute atomic E-state index is 0. The van der Waals surface area contributed by atoms with E-state index in [4.69, 9.17) is 9.47 Å². The van der Waals surface area contributed by atoms with Crippen molar-refractivity contribution < 1.29 is 14.3 Å². The van der Waals surface area contributed by atoms with Gasteiger partial charge in [-0.2, -0.15) is 0 Å². The maximum Gasteiger partial charge on any atom is 0.237 e. The van der Waals surface area contributed by atoms with Gasteiger partial charge in [0, 0.05) is 5.56 Å². The van der Waals surface area contributed by atoms with Crippen LogP contribution in [0.4, 0.5) is 0 Å². The molecule has 1 heterocycles. The van der Waals surface area contributed by atoms with Gasteiger partial charge >= 0.3 is 0 Å². The van der Waals surface area contributed by atoms with Gasteiger partial charge in [-0.1, -0.05) is 0 Å². The number of likely N-dealkylation sites (tertiary alicyclic amines) is 1. The summed E-state index contributed by atoms with van der Waals surface area (Å²) in [5.41, 5.74) is 0.920. The molecule has 0 bridgehead atoms. The molecule has 1 amide bonds. The number of hydrogen-bond donors (Lipinski definition) is 2. The van der Waals surface area contributed by atoms with E-state index in [1.807, 2.05) is 39.1 Å². The lowest BCUT2D eigenvalue weighted by molar-refractivity contribution is -0.127. The molecule has 1 aliphatic heterocycles. The third-order valence-electron chi connectivity index (χ3n) is 5.64. The normalized spacial score (nSPS) is 17.3. The molecule has 0 saturated carbocycles. The predicted octanol–water partition coefficient (Wildman–Crippen LogP) is 3.01. The number of halogens is 1. The summed E-state index contributed by atoms with van der Waals surface area (Å²) in [6, 6.07) is 5.36. The molecule has 2 rings (SSSR count). The molecule has 1 saturated heterocycles. The zero-order valence-electron chi connectivity index (χ0n) is 17.8. The number of methoxy groups -OCH3 is 2. The van der Waals surface area contributed by atoms with Crippen LogP contribution in [0.15, 0.2) is 18.2 Å². The van der Waals surface area contributed by atoms with Crippen molar-refractivity contribution >= 4 is 18.3 Å². The Morgan fingerprint density at radius 1 is 1.21 bits per heavy atom. The minimum atomic E-state index is -0.154. The lowest BCUT2D eigenvalue weighted by Gasteiger charge is -2.35. The summed E-state index contributed by atoms with van der Waals surface area (Å²) in [6.07, 6.45) is 3.55. The molecular formula is C21H36ClN3O3. The summed E-state index contributed by atoms with van der Waals surface area (Å²) in [5, 5.41) is 6.36. The minimum Gasteiger partial charge on any atom is -0.497 e. The Bertz CT molecular complexity index is 607. The molecule has 1 aromatic carbocycles. The van der Waals surface area contributed by atoms with Crippen molar-refractivity contribution in [2.24, 2.45) is 5.92 Å². The maximum atomic E-state index is 12.8. The van der Waals surface area contributed by atoms with E-state index in [0.29, 0.717) is 0 Å². The van der Waals surface area contributed by atoms with Crippen molar-refractivity contribution in [1.29, 1.82) is 0 Å². The molecule has 1 aliphatic rings. The highest BCUT2D eigenvalue weighted by atomic mass is 35.5. The van der Waals surface area contributed by atoms with Crippen molar-refractivity contribution in [1.82, 2.24) is 15.5 Å². The Labute approximate surface area is 175 Å². The third kappa shape index (κ3) is 6.54. The molecule has 28 heavy (non-hydrogen) atoms. The first kappa shape index (κ1) is 24.5.